The van der Waals surface area contributed by atoms with Gasteiger partial charge < -0.3 is 30.3 Å². The van der Waals surface area contributed by atoms with Gasteiger partial charge in [0.1, 0.15) is 11.5 Å². The molecule has 0 spiro atoms. The number of ether oxygens (including phenoxy) is 2. The van der Waals surface area contributed by atoms with E-state index in [1.54, 1.807) is 0 Å². The van der Waals surface area contributed by atoms with Gasteiger partial charge in [-0.15, -0.1) is 0 Å². The Balaban J connectivity index is 0.886. The van der Waals surface area contributed by atoms with Gasteiger partial charge in [0.05, 0.1) is 17.8 Å². The predicted molar refractivity (Wildman–Crippen MR) is 207 cm³/mol. The molecule has 7 rings (SSSR count). The lowest BCUT2D eigenvalue weighted by atomic mass is 9.59. The second-order valence-electron chi connectivity index (χ2n) is 19.2. The Labute approximate surface area is 308 Å². The van der Waals surface area contributed by atoms with E-state index in [1.165, 1.54) is 86.5 Å². The number of phenols is 2. The monoisotopic (exact) mass is 701 g/mol. The molecule has 6 heteroatoms. The summed E-state index contributed by atoms with van der Waals surface area (Å²) >= 11 is 0. The van der Waals surface area contributed by atoms with E-state index in [1.807, 2.05) is 12.1 Å². The van der Waals surface area contributed by atoms with Gasteiger partial charge in [0.15, 0.2) is 0 Å². The Hall–Kier alpha value is -2.12. The summed E-state index contributed by atoms with van der Waals surface area (Å²) in [4.78, 5) is 0. The molecule has 2 saturated heterocycles. The van der Waals surface area contributed by atoms with Gasteiger partial charge in [-0.1, -0.05) is 51.7 Å². The van der Waals surface area contributed by atoms with E-state index in [0.29, 0.717) is 42.0 Å². The Morgan fingerprint density at radius 2 is 1.37 bits per heavy atom. The average Bonchev–Trinajstić information content (AvgIpc) is 3.20. The average molecular weight is 701 g/mol. The van der Waals surface area contributed by atoms with Crippen LogP contribution in [0.15, 0.2) is 36.4 Å². The SMILES string of the molecule is CC(C)(CCN[C@H]1[C@H]2CCCCC[C@]1(C)c1cc(O)ccc1C2)OCCC(C)(C)OCCC12CCC[C@]3(C)c4cc(O)ccc4C[C@H](CC1)[C@@H]3N2. The van der Waals surface area contributed by atoms with Crippen LogP contribution in [0.1, 0.15) is 147 Å². The minimum Gasteiger partial charge on any atom is -0.508 e. The molecule has 282 valence electrons. The first-order valence-electron chi connectivity index (χ1n) is 20.6. The van der Waals surface area contributed by atoms with E-state index in [0.717, 1.165) is 45.3 Å². The maximum Gasteiger partial charge on any atom is 0.115 e. The first-order chi connectivity index (χ1) is 24.2. The third kappa shape index (κ3) is 7.64. The fourth-order valence-electron chi connectivity index (χ4n) is 11.5. The van der Waals surface area contributed by atoms with Crippen LogP contribution in [-0.4, -0.2) is 58.8 Å². The number of piperidine rings is 1. The minimum atomic E-state index is -0.243. The molecule has 0 aromatic heterocycles. The molecule has 4 N–H and O–H groups in total. The van der Waals surface area contributed by atoms with E-state index in [9.17, 15) is 10.2 Å². The summed E-state index contributed by atoms with van der Waals surface area (Å²) in [5.41, 5.74) is 5.40. The summed E-state index contributed by atoms with van der Waals surface area (Å²) in [6.07, 6.45) is 17.5. The maximum absolute atomic E-state index is 10.4. The molecular formula is C45H68N2O4. The molecule has 3 aliphatic carbocycles. The first kappa shape index (κ1) is 37.2. The van der Waals surface area contributed by atoms with Gasteiger partial charge in [-0.05, 0) is 163 Å². The molecule has 0 amide bonds. The quantitative estimate of drug-likeness (QED) is 0.177. The summed E-state index contributed by atoms with van der Waals surface area (Å²) < 4.78 is 13.2. The molecule has 6 nitrogen and oxygen atoms in total. The highest BCUT2D eigenvalue weighted by Crippen LogP contribution is 2.52. The molecule has 2 aliphatic heterocycles. The van der Waals surface area contributed by atoms with Gasteiger partial charge in [-0.3, -0.25) is 0 Å². The van der Waals surface area contributed by atoms with Crippen molar-refractivity contribution < 1.29 is 19.7 Å². The van der Waals surface area contributed by atoms with Crippen LogP contribution in [0.3, 0.4) is 0 Å². The van der Waals surface area contributed by atoms with Crippen molar-refractivity contribution in [2.45, 2.75) is 178 Å². The van der Waals surface area contributed by atoms with Crippen LogP contribution in [0.25, 0.3) is 0 Å². The molecule has 51 heavy (non-hydrogen) atoms. The molecule has 0 radical (unpaired) electrons. The normalized spacial score (nSPS) is 33.4. The van der Waals surface area contributed by atoms with Crippen molar-refractivity contribution in [1.29, 1.82) is 0 Å². The van der Waals surface area contributed by atoms with E-state index in [4.69, 9.17) is 9.47 Å². The molecule has 2 aromatic carbocycles. The van der Waals surface area contributed by atoms with Crippen LogP contribution in [0, 0.1) is 11.8 Å². The molecule has 2 heterocycles. The van der Waals surface area contributed by atoms with Crippen molar-refractivity contribution in [3.05, 3.63) is 58.7 Å². The summed E-state index contributed by atoms with van der Waals surface area (Å²) in [7, 11) is 0. The summed E-state index contributed by atoms with van der Waals surface area (Å²) in [6.45, 7) is 16.2. The van der Waals surface area contributed by atoms with Crippen molar-refractivity contribution in [1.82, 2.24) is 10.6 Å². The lowest BCUT2D eigenvalue weighted by Crippen LogP contribution is -2.63. The lowest BCUT2D eigenvalue weighted by molar-refractivity contribution is -0.0796. The van der Waals surface area contributed by atoms with Crippen LogP contribution < -0.4 is 10.6 Å². The van der Waals surface area contributed by atoms with E-state index >= 15 is 0 Å². The van der Waals surface area contributed by atoms with Crippen molar-refractivity contribution in [2.24, 2.45) is 11.8 Å². The largest absolute Gasteiger partial charge is 0.508 e. The smallest absolute Gasteiger partial charge is 0.115 e. The van der Waals surface area contributed by atoms with Gasteiger partial charge in [0.2, 0.25) is 0 Å². The number of hydrogen-bond acceptors (Lipinski definition) is 6. The molecule has 2 aromatic rings. The van der Waals surface area contributed by atoms with Crippen LogP contribution in [0.2, 0.25) is 0 Å². The summed E-state index contributed by atoms with van der Waals surface area (Å²) in [5, 5.41) is 29.1. The van der Waals surface area contributed by atoms with Crippen molar-refractivity contribution in [2.75, 3.05) is 19.8 Å². The van der Waals surface area contributed by atoms with Gasteiger partial charge in [0.25, 0.3) is 0 Å². The van der Waals surface area contributed by atoms with E-state index in [2.05, 4.69) is 76.4 Å². The fourth-order valence-corrected chi connectivity index (χ4v) is 11.5. The number of aromatic hydroxyl groups is 2. The molecule has 1 saturated carbocycles. The van der Waals surface area contributed by atoms with Crippen LogP contribution in [0.4, 0.5) is 0 Å². The lowest BCUT2D eigenvalue weighted by Gasteiger charge is -2.53. The van der Waals surface area contributed by atoms with Gasteiger partial charge >= 0.3 is 0 Å². The van der Waals surface area contributed by atoms with Crippen LogP contribution in [0.5, 0.6) is 11.5 Å². The van der Waals surface area contributed by atoms with E-state index in [-0.39, 0.29) is 27.6 Å². The number of rotatable bonds is 12. The third-order valence-corrected chi connectivity index (χ3v) is 14.6. The zero-order chi connectivity index (χ0) is 36.1. The van der Waals surface area contributed by atoms with Crippen LogP contribution >= 0.6 is 0 Å². The zero-order valence-electron chi connectivity index (χ0n) is 32.7. The second-order valence-corrected chi connectivity index (χ2v) is 19.2. The van der Waals surface area contributed by atoms with Gasteiger partial charge in [-0.2, -0.15) is 0 Å². The standard InChI is InChI=1S/C45H68N2O4/c1-41(2,21-24-46-39-33-11-8-7-9-17-43(39,5)37-29-35(48)14-12-31(37)27-33)50-25-22-42(3,4)51-26-23-45-19-10-18-44(6)38-30-36(49)15-13-32(38)28-34(16-20-45)40(44)47-45/h12-15,29-30,33-34,39-40,46-49H,7-11,16-28H2,1-6H3/t33-,34-,39-,40-,43+,44+,45?/m0/s1. The zero-order valence-corrected chi connectivity index (χ0v) is 32.7. The molecular weight excluding hydrogens is 633 g/mol. The van der Waals surface area contributed by atoms with Crippen LogP contribution in [-0.2, 0) is 33.1 Å². The number of nitrogens with one attached hydrogen (secondary N) is 2. The maximum atomic E-state index is 10.4. The Bertz CT molecular complexity index is 1540. The molecule has 1 unspecified atom stereocenters. The second kappa shape index (κ2) is 14.3. The Morgan fingerprint density at radius 1 is 0.725 bits per heavy atom. The van der Waals surface area contributed by atoms with Crippen molar-refractivity contribution >= 4 is 0 Å². The van der Waals surface area contributed by atoms with Crippen molar-refractivity contribution in [3.8, 4) is 11.5 Å². The van der Waals surface area contributed by atoms with Gasteiger partial charge in [0, 0.05) is 35.1 Å². The highest BCUT2D eigenvalue weighted by molar-refractivity contribution is 5.45. The first-order valence-corrected chi connectivity index (χ1v) is 20.6. The molecule has 7 atom stereocenters. The van der Waals surface area contributed by atoms with Gasteiger partial charge in [-0.25, -0.2) is 0 Å². The third-order valence-electron chi connectivity index (χ3n) is 14.6. The molecule has 3 fully saturated rings. The molecule has 5 aliphatic rings. The minimum absolute atomic E-state index is 0.0421. The number of hydrogen-bond donors (Lipinski definition) is 4. The molecule has 4 bridgehead atoms. The number of fused-ring (bicyclic) bond motifs is 7. The summed E-state index contributed by atoms with van der Waals surface area (Å²) in [6, 6.07) is 13.1. The fraction of sp³-hybridized carbons (Fsp3) is 0.733. The Kier molecular flexibility index (Phi) is 10.4. The van der Waals surface area contributed by atoms with E-state index < -0.39 is 0 Å². The number of phenolic OH excluding ortho intramolecular Hbond substituents is 2. The topological polar surface area (TPSA) is 83.0 Å². The highest BCUT2D eigenvalue weighted by atomic mass is 16.5. The highest BCUT2D eigenvalue weighted by Gasteiger charge is 2.53. The summed E-state index contributed by atoms with van der Waals surface area (Å²) in [5.74, 6) is 2.09. The van der Waals surface area contributed by atoms with Crippen molar-refractivity contribution in [3.63, 3.8) is 0 Å². The Morgan fingerprint density at radius 3 is 2.12 bits per heavy atom. The predicted octanol–water partition coefficient (Wildman–Crippen LogP) is 9.02. The number of benzene rings is 2.